The summed E-state index contributed by atoms with van der Waals surface area (Å²) in [6.07, 6.45) is 7.01. The number of rotatable bonds is 6. The summed E-state index contributed by atoms with van der Waals surface area (Å²) in [5, 5.41) is 14.1. The molecule has 1 aliphatic rings. The number of hydrogen-bond donors (Lipinski definition) is 2. The van der Waals surface area contributed by atoms with Crippen LogP contribution in [0.15, 0.2) is 0 Å². The van der Waals surface area contributed by atoms with Crippen LogP contribution in [-0.4, -0.2) is 23.8 Å². The third kappa shape index (κ3) is 3.74. The zero-order chi connectivity index (χ0) is 12.0. The summed E-state index contributed by atoms with van der Waals surface area (Å²) >= 11 is 0. The topological polar surface area (TPSA) is 32.3 Å². The average molecular weight is 227 g/mol. The zero-order valence-electron chi connectivity index (χ0n) is 11.3. The van der Waals surface area contributed by atoms with Gasteiger partial charge < -0.3 is 10.4 Å². The molecule has 1 heterocycles. The molecule has 0 aliphatic carbocycles. The molecule has 16 heavy (non-hydrogen) atoms. The number of unbranched alkanes of at least 4 members (excludes halogenated alkanes) is 1. The maximum atomic E-state index is 10.7. The Morgan fingerprint density at radius 2 is 2.19 bits per heavy atom. The van der Waals surface area contributed by atoms with Crippen LogP contribution in [0.4, 0.5) is 0 Å². The maximum absolute atomic E-state index is 10.7. The van der Waals surface area contributed by atoms with Gasteiger partial charge in [-0.05, 0) is 31.2 Å². The van der Waals surface area contributed by atoms with E-state index in [1.165, 1.54) is 25.7 Å². The molecular weight excluding hydrogens is 198 g/mol. The highest BCUT2D eigenvalue weighted by Crippen LogP contribution is 2.33. The van der Waals surface area contributed by atoms with Gasteiger partial charge in [0.05, 0.1) is 5.60 Å². The van der Waals surface area contributed by atoms with E-state index in [4.69, 9.17) is 0 Å². The molecule has 2 heteroatoms. The fourth-order valence-corrected chi connectivity index (χ4v) is 2.81. The van der Waals surface area contributed by atoms with Crippen LogP contribution in [0.5, 0.6) is 0 Å². The van der Waals surface area contributed by atoms with E-state index in [1.54, 1.807) is 0 Å². The molecule has 0 aromatic rings. The normalized spacial score (nSPS) is 32.6. The Morgan fingerprint density at radius 3 is 2.75 bits per heavy atom. The summed E-state index contributed by atoms with van der Waals surface area (Å²) in [7, 11) is 0. The first-order valence-corrected chi connectivity index (χ1v) is 7.05. The zero-order valence-corrected chi connectivity index (χ0v) is 11.3. The molecule has 0 amide bonds. The molecule has 0 aromatic carbocycles. The molecule has 2 N–H and O–H groups in total. The van der Waals surface area contributed by atoms with Crippen molar-refractivity contribution in [3.63, 3.8) is 0 Å². The van der Waals surface area contributed by atoms with Crippen LogP contribution in [0.3, 0.4) is 0 Å². The van der Waals surface area contributed by atoms with Crippen molar-refractivity contribution in [2.45, 2.75) is 64.9 Å². The Bertz CT molecular complexity index is 195. The standard InChI is InChI=1S/C14H29NO/c1-4-6-7-13(5-2)10-14(16)8-9-15-11-12(14)3/h12-13,15-16H,4-11H2,1-3H3. The second-order valence-electron chi connectivity index (χ2n) is 5.58. The van der Waals surface area contributed by atoms with Crippen molar-refractivity contribution in [3.05, 3.63) is 0 Å². The molecule has 1 aliphatic heterocycles. The monoisotopic (exact) mass is 227 g/mol. The van der Waals surface area contributed by atoms with Crippen LogP contribution in [-0.2, 0) is 0 Å². The number of aliphatic hydroxyl groups is 1. The van der Waals surface area contributed by atoms with E-state index in [0.29, 0.717) is 11.8 Å². The van der Waals surface area contributed by atoms with E-state index in [9.17, 15) is 5.11 Å². The van der Waals surface area contributed by atoms with E-state index in [1.807, 2.05) is 0 Å². The smallest absolute Gasteiger partial charge is 0.0700 e. The summed E-state index contributed by atoms with van der Waals surface area (Å²) in [6.45, 7) is 8.63. The molecule has 0 spiro atoms. The van der Waals surface area contributed by atoms with Crippen molar-refractivity contribution < 1.29 is 5.11 Å². The largest absolute Gasteiger partial charge is 0.390 e. The van der Waals surface area contributed by atoms with E-state index < -0.39 is 5.60 Å². The van der Waals surface area contributed by atoms with Gasteiger partial charge in [0.15, 0.2) is 0 Å². The molecule has 1 rings (SSSR count). The quantitative estimate of drug-likeness (QED) is 0.731. The van der Waals surface area contributed by atoms with Crippen LogP contribution in [0.2, 0.25) is 0 Å². The SMILES string of the molecule is CCCCC(CC)CC1(O)CCNCC1C. The molecule has 3 atom stereocenters. The van der Waals surface area contributed by atoms with E-state index in [0.717, 1.165) is 25.9 Å². The van der Waals surface area contributed by atoms with Crippen molar-refractivity contribution in [2.24, 2.45) is 11.8 Å². The lowest BCUT2D eigenvalue weighted by Crippen LogP contribution is -2.49. The van der Waals surface area contributed by atoms with Gasteiger partial charge in [-0.2, -0.15) is 0 Å². The lowest BCUT2D eigenvalue weighted by Gasteiger charge is -2.40. The van der Waals surface area contributed by atoms with E-state index in [2.05, 4.69) is 26.1 Å². The molecule has 1 saturated heterocycles. The van der Waals surface area contributed by atoms with Crippen LogP contribution in [0, 0.1) is 11.8 Å². The summed E-state index contributed by atoms with van der Waals surface area (Å²) in [5.74, 6) is 1.11. The molecule has 3 unspecified atom stereocenters. The first-order chi connectivity index (χ1) is 7.62. The Kier molecular flexibility index (Phi) is 5.77. The second-order valence-corrected chi connectivity index (χ2v) is 5.58. The first kappa shape index (κ1) is 14.0. The van der Waals surface area contributed by atoms with Gasteiger partial charge in [-0.15, -0.1) is 0 Å². The third-order valence-corrected chi connectivity index (χ3v) is 4.29. The number of hydrogen-bond acceptors (Lipinski definition) is 2. The molecule has 0 bridgehead atoms. The van der Waals surface area contributed by atoms with Gasteiger partial charge in [-0.1, -0.05) is 46.5 Å². The number of piperidine rings is 1. The molecule has 0 radical (unpaired) electrons. The van der Waals surface area contributed by atoms with Crippen LogP contribution >= 0.6 is 0 Å². The highest BCUT2D eigenvalue weighted by molar-refractivity contribution is 4.91. The van der Waals surface area contributed by atoms with E-state index in [-0.39, 0.29) is 0 Å². The van der Waals surface area contributed by atoms with Gasteiger partial charge in [0.1, 0.15) is 0 Å². The minimum absolute atomic E-state index is 0.400. The van der Waals surface area contributed by atoms with Gasteiger partial charge in [0.25, 0.3) is 0 Å². The lowest BCUT2D eigenvalue weighted by atomic mass is 9.75. The predicted molar refractivity (Wildman–Crippen MR) is 69.5 cm³/mol. The van der Waals surface area contributed by atoms with Gasteiger partial charge in [0, 0.05) is 6.54 Å². The molecule has 0 aromatic heterocycles. The van der Waals surface area contributed by atoms with Crippen LogP contribution in [0.25, 0.3) is 0 Å². The highest BCUT2D eigenvalue weighted by Gasteiger charge is 2.37. The predicted octanol–water partition coefficient (Wildman–Crippen LogP) is 2.95. The van der Waals surface area contributed by atoms with Gasteiger partial charge in [0.2, 0.25) is 0 Å². The van der Waals surface area contributed by atoms with Crippen molar-refractivity contribution in [2.75, 3.05) is 13.1 Å². The van der Waals surface area contributed by atoms with Crippen molar-refractivity contribution >= 4 is 0 Å². The minimum Gasteiger partial charge on any atom is -0.390 e. The van der Waals surface area contributed by atoms with Crippen molar-refractivity contribution in [1.82, 2.24) is 5.32 Å². The number of nitrogens with one attached hydrogen (secondary N) is 1. The Labute approximate surface area is 101 Å². The summed E-state index contributed by atoms with van der Waals surface area (Å²) < 4.78 is 0. The fourth-order valence-electron chi connectivity index (χ4n) is 2.81. The third-order valence-electron chi connectivity index (χ3n) is 4.29. The fraction of sp³-hybridized carbons (Fsp3) is 1.00. The Balaban J connectivity index is 2.47. The van der Waals surface area contributed by atoms with E-state index >= 15 is 0 Å². The first-order valence-electron chi connectivity index (χ1n) is 7.05. The van der Waals surface area contributed by atoms with Gasteiger partial charge in [-0.25, -0.2) is 0 Å². The minimum atomic E-state index is -0.403. The molecule has 96 valence electrons. The molecule has 2 nitrogen and oxygen atoms in total. The highest BCUT2D eigenvalue weighted by atomic mass is 16.3. The van der Waals surface area contributed by atoms with Crippen molar-refractivity contribution in [3.8, 4) is 0 Å². The van der Waals surface area contributed by atoms with Crippen molar-refractivity contribution in [1.29, 1.82) is 0 Å². The van der Waals surface area contributed by atoms with Crippen LogP contribution < -0.4 is 5.32 Å². The van der Waals surface area contributed by atoms with Gasteiger partial charge >= 0.3 is 0 Å². The summed E-state index contributed by atoms with van der Waals surface area (Å²) in [4.78, 5) is 0. The molecule has 1 fully saturated rings. The molecular formula is C14H29NO. The molecule has 0 saturated carbocycles. The Hall–Kier alpha value is -0.0800. The second kappa shape index (κ2) is 6.61. The lowest BCUT2D eigenvalue weighted by molar-refractivity contribution is -0.0538. The summed E-state index contributed by atoms with van der Waals surface area (Å²) in [5.41, 5.74) is -0.403. The van der Waals surface area contributed by atoms with Gasteiger partial charge in [-0.3, -0.25) is 0 Å². The van der Waals surface area contributed by atoms with Crippen LogP contribution in [0.1, 0.15) is 59.3 Å². The Morgan fingerprint density at radius 1 is 1.44 bits per heavy atom. The summed E-state index contributed by atoms with van der Waals surface area (Å²) in [6, 6.07) is 0. The average Bonchev–Trinajstić information content (AvgIpc) is 2.28. The maximum Gasteiger partial charge on any atom is 0.0700 e.